The molecule has 2 aromatic rings. The zero-order chi connectivity index (χ0) is 13.0. The first-order valence-electron chi connectivity index (χ1n) is 5.80. The number of nitrogen functional groups attached to an aromatic ring is 1. The van der Waals surface area contributed by atoms with E-state index in [1.165, 1.54) is 21.6 Å². The normalized spacial score (nSPS) is 10.4. The second-order valence-electron chi connectivity index (χ2n) is 4.23. The van der Waals surface area contributed by atoms with Gasteiger partial charge in [-0.3, -0.25) is 0 Å². The van der Waals surface area contributed by atoms with Gasteiger partial charge >= 0.3 is 0 Å². The monoisotopic (exact) mass is 259 g/mol. The predicted molar refractivity (Wildman–Crippen MR) is 77.5 cm³/mol. The van der Waals surface area contributed by atoms with Crippen LogP contribution < -0.4 is 11.3 Å². The molecule has 0 bridgehead atoms. The van der Waals surface area contributed by atoms with E-state index in [4.69, 9.17) is 5.84 Å². The van der Waals surface area contributed by atoms with Gasteiger partial charge in [-0.2, -0.15) is 0 Å². The average Bonchev–Trinajstić information content (AvgIpc) is 2.41. The second kappa shape index (κ2) is 5.89. The Morgan fingerprint density at radius 2 is 2.00 bits per heavy atom. The number of hydrogen-bond donors (Lipinski definition) is 2. The molecule has 94 valence electrons. The Hall–Kier alpha value is -1.52. The molecule has 3 N–H and O–H groups in total. The van der Waals surface area contributed by atoms with E-state index in [2.05, 4.69) is 42.5 Å². The van der Waals surface area contributed by atoms with Gasteiger partial charge in [0.1, 0.15) is 5.82 Å². The molecule has 1 aromatic heterocycles. The van der Waals surface area contributed by atoms with Crippen molar-refractivity contribution in [3.8, 4) is 0 Å². The Morgan fingerprint density at radius 1 is 1.17 bits per heavy atom. The van der Waals surface area contributed by atoms with Crippen LogP contribution in [0, 0.1) is 13.8 Å². The summed E-state index contributed by atoms with van der Waals surface area (Å²) in [5.41, 5.74) is 6.38. The highest BCUT2D eigenvalue weighted by Gasteiger charge is 1.99. The SMILES string of the molecule is Cc1ccc(SCc2ccc(NN)nc2)cc1C. The molecular formula is C14H17N3S. The van der Waals surface area contributed by atoms with Gasteiger partial charge in [-0.05, 0) is 48.7 Å². The van der Waals surface area contributed by atoms with Crippen LogP contribution in [0.5, 0.6) is 0 Å². The van der Waals surface area contributed by atoms with Crippen molar-refractivity contribution in [2.45, 2.75) is 24.5 Å². The molecule has 0 aliphatic rings. The number of aromatic nitrogens is 1. The third-order valence-corrected chi connectivity index (χ3v) is 3.92. The van der Waals surface area contributed by atoms with Gasteiger partial charge in [0.2, 0.25) is 0 Å². The topological polar surface area (TPSA) is 50.9 Å². The Kier molecular flexibility index (Phi) is 4.23. The molecule has 1 heterocycles. The highest BCUT2D eigenvalue weighted by Crippen LogP contribution is 2.24. The van der Waals surface area contributed by atoms with Crippen LogP contribution in [0.15, 0.2) is 41.4 Å². The number of rotatable bonds is 4. The minimum absolute atomic E-state index is 0.690. The van der Waals surface area contributed by atoms with Crippen molar-refractivity contribution in [3.05, 3.63) is 53.2 Å². The van der Waals surface area contributed by atoms with Crippen molar-refractivity contribution in [1.29, 1.82) is 0 Å². The standard InChI is InChI=1S/C14H17N3S/c1-10-3-5-13(7-11(10)2)18-9-12-4-6-14(17-15)16-8-12/h3-8H,9,15H2,1-2H3,(H,16,17). The number of hydrazine groups is 1. The lowest BCUT2D eigenvalue weighted by molar-refractivity contribution is 1.19. The molecule has 0 aliphatic heterocycles. The second-order valence-corrected chi connectivity index (χ2v) is 5.28. The molecule has 3 nitrogen and oxygen atoms in total. The first-order valence-corrected chi connectivity index (χ1v) is 6.79. The van der Waals surface area contributed by atoms with Gasteiger partial charge in [-0.25, -0.2) is 10.8 Å². The molecule has 1 aromatic carbocycles. The maximum atomic E-state index is 5.28. The van der Waals surface area contributed by atoms with Crippen LogP contribution in [-0.2, 0) is 5.75 Å². The minimum Gasteiger partial charge on any atom is -0.308 e. The largest absolute Gasteiger partial charge is 0.308 e. The van der Waals surface area contributed by atoms with Crippen molar-refractivity contribution in [2.24, 2.45) is 5.84 Å². The first kappa shape index (κ1) is 12.9. The summed E-state index contributed by atoms with van der Waals surface area (Å²) in [6.07, 6.45) is 1.85. The molecule has 0 unspecified atom stereocenters. The number of thioether (sulfide) groups is 1. The molecule has 0 spiro atoms. The van der Waals surface area contributed by atoms with Crippen molar-refractivity contribution in [3.63, 3.8) is 0 Å². The van der Waals surface area contributed by atoms with Gasteiger partial charge in [0.15, 0.2) is 0 Å². The van der Waals surface area contributed by atoms with Crippen molar-refractivity contribution < 1.29 is 0 Å². The van der Waals surface area contributed by atoms with Crippen molar-refractivity contribution in [1.82, 2.24) is 4.98 Å². The first-order chi connectivity index (χ1) is 8.69. The molecule has 0 saturated carbocycles. The number of pyridine rings is 1. The molecule has 0 fully saturated rings. The Morgan fingerprint density at radius 3 is 2.61 bits per heavy atom. The van der Waals surface area contributed by atoms with Gasteiger partial charge in [-0.1, -0.05) is 12.1 Å². The van der Waals surface area contributed by atoms with E-state index in [1.54, 1.807) is 0 Å². The quantitative estimate of drug-likeness (QED) is 0.502. The van der Waals surface area contributed by atoms with E-state index in [0.29, 0.717) is 5.82 Å². The maximum absolute atomic E-state index is 5.28. The molecule has 0 aliphatic carbocycles. The molecular weight excluding hydrogens is 242 g/mol. The maximum Gasteiger partial charge on any atom is 0.139 e. The number of hydrogen-bond acceptors (Lipinski definition) is 4. The number of nitrogens with zero attached hydrogens (tertiary/aromatic N) is 1. The zero-order valence-electron chi connectivity index (χ0n) is 10.6. The van der Waals surface area contributed by atoms with E-state index >= 15 is 0 Å². The lowest BCUT2D eigenvalue weighted by Crippen LogP contribution is -2.08. The molecule has 2 rings (SSSR count). The number of benzene rings is 1. The number of nitrogens with one attached hydrogen (secondary N) is 1. The molecule has 0 amide bonds. The van der Waals surface area contributed by atoms with Crippen molar-refractivity contribution in [2.75, 3.05) is 5.43 Å². The van der Waals surface area contributed by atoms with Crippen molar-refractivity contribution >= 4 is 17.6 Å². The molecule has 18 heavy (non-hydrogen) atoms. The van der Waals surface area contributed by atoms with Gasteiger partial charge < -0.3 is 5.43 Å². The molecule has 0 atom stereocenters. The Balaban J connectivity index is 1.99. The van der Waals surface area contributed by atoms with E-state index in [-0.39, 0.29) is 0 Å². The van der Waals surface area contributed by atoms with Crippen LogP contribution in [0.3, 0.4) is 0 Å². The van der Waals surface area contributed by atoms with Gasteiger partial charge in [0.05, 0.1) is 0 Å². The zero-order valence-corrected chi connectivity index (χ0v) is 11.4. The highest BCUT2D eigenvalue weighted by molar-refractivity contribution is 7.98. The molecule has 0 saturated heterocycles. The van der Waals surface area contributed by atoms with Crippen LogP contribution in [0.2, 0.25) is 0 Å². The molecule has 0 radical (unpaired) electrons. The van der Waals surface area contributed by atoms with Crippen LogP contribution in [0.1, 0.15) is 16.7 Å². The Bertz CT molecular complexity index is 523. The summed E-state index contributed by atoms with van der Waals surface area (Å²) in [7, 11) is 0. The van der Waals surface area contributed by atoms with Gasteiger partial charge in [0, 0.05) is 16.8 Å². The average molecular weight is 259 g/mol. The fourth-order valence-electron chi connectivity index (χ4n) is 1.57. The van der Waals surface area contributed by atoms with E-state index < -0.39 is 0 Å². The van der Waals surface area contributed by atoms with Crippen LogP contribution in [0.4, 0.5) is 5.82 Å². The van der Waals surface area contributed by atoms with Crippen LogP contribution in [-0.4, -0.2) is 4.98 Å². The summed E-state index contributed by atoms with van der Waals surface area (Å²) < 4.78 is 0. The summed E-state index contributed by atoms with van der Waals surface area (Å²) >= 11 is 1.82. The summed E-state index contributed by atoms with van der Waals surface area (Å²) in [6, 6.07) is 10.5. The summed E-state index contributed by atoms with van der Waals surface area (Å²) in [5, 5.41) is 0. The lowest BCUT2D eigenvalue weighted by atomic mass is 10.1. The van der Waals surface area contributed by atoms with Crippen LogP contribution >= 0.6 is 11.8 Å². The number of anilines is 1. The number of nitrogens with two attached hydrogens (primary N) is 1. The van der Waals surface area contributed by atoms with E-state index in [9.17, 15) is 0 Å². The van der Waals surface area contributed by atoms with Gasteiger partial charge in [-0.15, -0.1) is 11.8 Å². The minimum atomic E-state index is 0.690. The summed E-state index contributed by atoms with van der Waals surface area (Å²) in [5.74, 6) is 6.88. The van der Waals surface area contributed by atoms with E-state index in [1.807, 2.05) is 30.1 Å². The third kappa shape index (κ3) is 3.24. The number of aryl methyl sites for hydroxylation is 2. The highest BCUT2D eigenvalue weighted by atomic mass is 32.2. The smallest absolute Gasteiger partial charge is 0.139 e. The fraction of sp³-hybridized carbons (Fsp3) is 0.214. The summed E-state index contributed by atoms with van der Waals surface area (Å²) in [6.45, 7) is 4.27. The summed E-state index contributed by atoms with van der Waals surface area (Å²) in [4.78, 5) is 5.48. The lowest BCUT2D eigenvalue weighted by Gasteiger charge is -2.05. The fourth-order valence-corrected chi connectivity index (χ4v) is 2.49. The Labute approximate surface area is 112 Å². The predicted octanol–water partition coefficient (Wildman–Crippen LogP) is 3.28. The van der Waals surface area contributed by atoms with Crippen LogP contribution in [0.25, 0.3) is 0 Å². The van der Waals surface area contributed by atoms with Gasteiger partial charge in [0.25, 0.3) is 0 Å². The van der Waals surface area contributed by atoms with E-state index in [0.717, 1.165) is 5.75 Å². The third-order valence-electron chi connectivity index (χ3n) is 2.86. The molecule has 4 heteroatoms.